The van der Waals surface area contributed by atoms with Gasteiger partial charge in [0.05, 0.1) is 11.0 Å². The van der Waals surface area contributed by atoms with Gasteiger partial charge in [-0.2, -0.15) is 0 Å². The molecular weight excluding hydrogens is 838 g/mol. The van der Waals surface area contributed by atoms with E-state index in [4.69, 9.17) is 4.42 Å². The SMILES string of the molecule is CC(C)(C)c1ccc(N2c3cc(C(C)(C)C)cc4c3B(c3c2oc2ccc(C(C)(C)C)cc32)n2c3ccc(C(C)(C)C)cc3c3cc5c6cc(C(C)(C)C)ccc6n(-c6ccccc6)c5c-4c32)cc1. The molecule has 0 spiro atoms. The fourth-order valence-corrected chi connectivity index (χ4v) is 11.6. The summed E-state index contributed by atoms with van der Waals surface area (Å²) in [5, 5.41) is 6.34. The van der Waals surface area contributed by atoms with Crippen LogP contribution in [0.15, 0.2) is 132 Å². The van der Waals surface area contributed by atoms with E-state index in [9.17, 15) is 0 Å². The van der Waals surface area contributed by atoms with Gasteiger partial charge >= 0.3 is 6.85 Å². The Bertz CT molecular complexity index is 3790. The molecule has 5 heterocycles. The van der Waals surface area contributed by atoms with E-state index in [0.29, 0.717) is 0 Å². The van der Waals surface area contributed by atoms with Crippen LogP contribution < -0.4 is 15.8 Å². The van der Waals surface area contributed by atoms with Gasteiger partial charge < -0.3 is 13.5 Å². The lowest BCUT2D eigenvalue weighted by molar-refractivity contribution is 0.588. The Morgan fingerprint density at radius 3 is 1.52 bits per heavy atom. The monoisotopic (exact) mass is 904 g/mol. The van der Waals surface area contributed by atoms with Crippen molar-refractivity contribution in [2.24, 2.45) is 0 Å². The predicted octanol–water partition coefficient (Wildman–Crippen LogP) is 16.5. The van der Waals surface area contributed by atoms with Crippen LogP contribution in [0.4, 0.5) is 17.3 Å². The lowest BCUT2D eigenvalue weighted by Crippen LogP contribution is -2.56. The van der Waals surface area contributed by atoms with Gasteiger partial charge in [-0.25, -0.2) is 0 Å². The minimum Gasteiger partial charge on any atom is -0.440 e. The average Bonchev–Trinajstić information content (AvgIpc) is 3.93. The van der Waals surface area contributed by atoms with Crippen molar-refractivity contribution < 1.29 is 4.42 Å². The Hall–Kier alpha value is -6.46. The Morgan fingerprint density at radius 2 is 0.928 bits per heavy atom. The summed E-state index contributed by atoms with van der Waals surface area (Å²) in [5.74, 6) is 0.896. The third kappa shape index (κ3) is 6.41. The van der Waals surface area contributed by atoms with Crippen LogP contribution in [-0.2, 0) is 27.1 Å². The quantitative estimate of drug-likeness (QED) is 0.162. The van der Waals surface area contributed by atoms with Crippen LogP contribution in [0, 0.1) is 0 Å². The van der Waals surface area contributed by atoms with Gasteiger partial charge in [0.1, 0.15) is 5.58 Å². The second-order valence-electron chi connectivity index (χ2n) is 25.6. The van der Waals surface area contributed by atoms with E-state index >= 15 is 0 Å². The molecule has 12 rings (SSSR count). The van der Waals surface area contributed by atoms with Crippen LogP contribution >= 0.6 is 0 Å². The summed E-state index contributed by atoms with van der Waals surface area (Å²) in [4.78, 5) is 2.47. The molecule has 5 heteroatoms. The zero-order valence-electron chi connectivity index (χ0n) is 43.5. The molecule has 0 amide bonds. The number of benzene rings is 7. The van der Waals surface area contributed by atoms with Crippen molar-refractivity contribution in [3.05, 3.63) is 155 Å². The average molecular weight is 904 g/mol. The molecule has 69 heavy (non-hydrogen) atoms. The molecule has 0 aliphatic carbocycles. The molecule has 2 aliphatic heterocycles. The van der Waals surface area contributed by atoms with Gasteiger partial charge in [0.15, 0.2) is 0 Å². The zero-order chi connectivity index (χ0) is 48.6. The van der Waals surface area contributed by atoms with E-state index in [2.05, 4.69) is 245 Å². The predicted molar refractivity (Wildman–Crippen MR) is 298 cm³/mol. The minimum absolute atomic E-state index is 0.0123. The van der Waals surface area contributed by atoms with E-state index in [0.717, 1.165) is 22.8 Å². The second-order valence-corrected chi connectivity index (χ2v) is 25.6. The van der Waals surface area contributed by atoms with Crippen LogP contribution in [0.3, 0.4) is 0 Å². The topological polar surface area (TPSA) is 26.2 Å². The Balaban J connectivity index is 1.34. The number of hydrogen-bond acceptors (Lipinski definition) is 2. The first-order valence-corrected chi connectivity index (χ1v) is 25.2. The molecule has 0 saturated heterocycles. The molecule has 0 atom stereocenters. The van der Waals surface area contributed by atoms with Crippen molar-refractivity contribution in [2.45, 2.75) is 131 Å². The number of fused-ring (bicyclic) bond motifs is 13. The van der Waals surface area contributed by atoms with Crippen molar-refractivity contribution in [3.63, 3.8) is 0 Å². The molecule has 0 bridgehead atoms. The van der Waals surface area contributed by atoms with Gasteiger partial charge in [-0.1, -0.05) is 158 Å². The molecule has 3 aromatic heterocycles. The number of nitrogens with zero attached hydrogens (tertiary/aromatic N) is 3. The van der Waals surface area contributed by atoms with Gasteiger partial charge in [0, 0.05) is 66.1 Å². The highest BCUT2D eigenvalue weighted by molar-refractivity contribution is 6.91. The van der Waals surface area contributed by atoms with E-state index in [1.54, 1.807) is 0 Å². The van der Waals surface area contributed by atoms with Crippen LogP contribution in [0.5, 0.6) is 0 Å². The molecule has 0 fully saturated rings. The van der Waals surface area contributed by atoms with E-state index in [1.165, 1.54) is 105 Å². The first-order chi connectivity index (χ1) is 32.4. The number of rotatable bonds is 2. The zero-order valence-corrected chi connectivity index (χ0v) is 43.5. The highest BCUT2D eigenvalue weighted by Crippen LogP contribution is 2.53. The van der Waals surface area contributed by atoms with Crippen LogP contribution in [-0.4, -0.2) is 15.9 Å². The highest BCUT2D eigenvalue weighted by atomic mass is 16.4. The highest BCUT2D eigenvalue weighted by Gasteiger charge is 2.47. The summed E-state index contributed by atoms with van der Waals surface area (Å²) in [5.41, 5.74) is 20.8. The van der Waals surface area contributed by atoms with Crippen molar-refractivity contribution in [1.29, 1.82) is 0 Å². The minimum atomic E-state index is -0.173. The third-order valence-electron chi connectivity index (χ3n) is 15.7. The fraction of sp³-hybridized carbons (Fsp3) is 0.312. The molecule has 0 N–H and O–H groups in total. The molecule has 7 aromatic carbocycles. The molecule has 0 radical (unpaired) electrons. The number of anilines is 3. The Kier molecular flexibility index (Phi) is 8.94. The molecule has 0 saturated carbocycles. The largest absolute Gasteiger partial charge is 0.440 e. The van der Waals surface area contributed by atoms with Gasteiger partial charge in [0.2, 0.25) is 5.88 Å². The molecule has 2 aliphatic rings. The number of hydrogen-bond donors (Lipinski definition) is 0. The maximum atomic E-state index is 7.37. The van der Waals surface area contributed by atoms with E-state index in [-0.39, 0.29) is 33.9 Å². The maximum absolute atomic E-state index is 7.37. The first kappa shape index (κ1) is 43.8. The normalized spacial score (nSPS) is 14.2. The second kappa shape index (κ2) is 14.1. The van der Waals surface area contributed by atoms with Gasteiger partial charge in [-0.15, -0.1) is 0 Å². The molecule has 4 nitrogen and oxygen atoms in total. The third-order valence-corrected chi connectivity index (χ3v) is 15.7. The van der Waals surface area contributed by atoms with Crippen molar-refractivity contribution in [3.8, 4) is 16.8 Å². The number of furan rings is 1. The summed E-state index contributed by atoms with van der Waals surface area (Å²) in [6, 6.07) is 49.5. The van der Waals surface area contributed by atoms with Crippen molar-refractivity contribution in [2.75, 3.05) is 4.90 Å². The van der Waals surface area contributed by atoms with Gasteiger partial charge in [-0.3, -0.25) is 4.90 Å². The van der Waals surface area contributed by atoms with Crippen molar-refractivity contribution >= 4 is 89.6 Å². The molecular formula is C64H66BN3O. The van der Waals surface area contributed by atoms with Crippen LogP contribution in [0.1, 0.15) is 132 Å². The maximum Gasteiger partial charge on any atom is 0.337 e. The summed E-state index contributed by atoms with van der Waals surface area (Å²) in [6.45, 7) is 34.8. The van der Waals surface area contributed by atoms with Gasteiger partial charge in [-0.05, 0) is 139 Å². The first-order valence-electron chi connectivity index (χ1n) is 25.2. The Morgan fingerprint density at radius 1 is 0.406 bits per heavy atom. The molecule has 10 aromatic rings. The van der Waals surface area contributed by atoms with E-state index < -0.39 is 0 Å². The number of para-hydroxylation sites is 1. The lowest BCUT2D eigenvalue weighted by Gasteiger charge is -2.39. The van der Waals surface area contributed by atoms with Crippen LogP contribution in [0.2, 0.25) is 0 Å². The summed E-state index contributed by atoms with van der Waals surface area (Å²) < 4.78 is 12.7. The smallest absolute Gasteiger partial charge is 0.337 e. The summed E-state index contributed by atoms with van der Waals surface area (Å²) in [6.07, 6.45) is 0. The molecule has 346 valence electrons. The van der Waals surface area contributed by atoms with Gasteiger partial charge in [0.25, 0.3) is 0 Å². The lowest BCUT2D eigenvalue weighted by atomic mass is 9.45. The number of aromatic nitrogens is 2. The van der Waals surface area contributed by atoms with E-state index in [1.807, 2.05) is 0 Å². The Labute approximate surface area is 409 Å². The standard InChI is InChI=1S/C64H66BN3O/c1-60(2,3)37-21-26-43(27-22-37)67-52-35-41(64(13,14)15)34-49-54-57-46(44-31-38(61(4,5)6)23-28-50(44)66(57)42-19-17-16-18-20-42)36-47-45-32-39(62(7,8)9)24-29-51(45)68(58(47)54)65(55(49)52)56-48-33-40(63(10,11)12)25-30-53(48)69-59(56)67/h16-36H,1-15H3. The fourth-order valence-electron chi connectivity index (χ4n) is 11.6. The molecule has 0 unspecified atom stereocenters. The van der Waals surface area contributed by atoms with Crippen LogP contribution in [0.25, 0.3) is 71.4 Å². The summed E-state index contributed by atoms with van der Waals surface area (Å²) >= 11 is 0. The summed E-state index contributed by atoms with van der Waals surface area (Å²) in [7, 11) is 0. The van der Waals surface area contributed by atoms with Crippen molar-refractivity contribution in [1.82, 2.24) is 9.05 Å².